The standard InChI is InChI=1S/C19H18N2O2S/c22-18(14-7-3-1-4-8-14)17-12-11-16(24-17)13-20-19(23)21-15-9-5-2-6-10-15/h1-12,18,22H,13H2,(H2,20,21,23)/t18-/m1/s1. The number of anilines is 1. The van der Waals surface area contributed by atoms with Gasteiger partial charge < -0.3 is 15.7 Å². The van der Waals surface area contributed by atoms with E-state index in [0.29, 0.717) is 6.54 Å². The largest absolute Gasteiger partial charge is 0.383 e. The molecule has 0 fully saturated rings. The molecule has 0 aliphatic carbocycles. The van der Waals surface area contributed by atoms with Crippen molar-refractivity contribution in [2.75, 3.05) is 5.32 Å². The molecule has 2 amide bonds. The first kappa shape index (κ1) is 16.2. The molecule has 0 unspecified atom stereocenters. The Morgan fingerprint density at radius 1 is 0.958 bits per heavy atom. The van der Waals surface area contributed by atoms with Gasteiger partial charge in [-0.2, -0.15) is 0 Å². The number of carbonyl (C=O) groups is 1. The average molecular weight is 338 g/mol. The third-order valence-corrected chi connectivity index (χ3v) is 4.66. The number of amides is 2. The Kier molecular flexibility index (Phi) is 5.25. The molecule has 3 N–H and O–H groups in total. The number of hydrogen-bond acceptors (Lipinski definition) is 3. The second-order valence-corrected chi connectivity index (χ2v) is 6.49. The molecule has 5 heteroatoms. The molecule has 0 saturated carbocycles. The van der Waals surface area contributed by atoms with Crippen LogP contribution in [0.2, 0.25) is 0 Å². The Hall–Kier alpha value is -2.63. The van der Waals surface area contributed by atoms with Crippen molar-refractivity contribution in [1.82, 2.24) is 5.32 Å². The maximum absolute atomic E-state index is 11.9. The number of aliphatic hydroxyl groups excluding tert-OH is 1. The molecule has 0 spiro atoms. The number of rotatable bonds is 5. The predicted octanol–water partition coefficient (Wildman–Crippen LogP) is 4.15. The van der Waals surface area contributed by atoms with Crippen LogP contribution in [-0.4, -0.2) is 11.1 Å². The van der Waals surface area contributed by atoms with Gasteiger partial charge in [0.05, 0.1) is 6.54 Å². The molecule has 2 aromatic carbocycles. The fourth-order valence-corrected chi connectivity index (χ4v) is 3.27. The third-order valence-electron chi connectivity index (χ3n) is 3.52. The van der Waals surface area contributed by atoms with E-state index in [-0.39, 0.29) is 6.03 Å². The number of nitrogens with one attached hydrogen (secondary N) is 2. The van der Waals surface area contributed by atoms with Gasteiger partial charge in [0, 0.05) is 15.4 Å². The van der Waals surface area contributed by atoms with Crippen molar-refractivity contribution in [3.05, 3.63) is 88.1 Å². The van der Waals surface area contributed by atoms with E-state index in [4.69, 9.17) is 0 Å². The Morgan fingerprint density at radius 3 is 2.33 bits per heavy atom. The minimum atomic E-state index is -0.636. The van der Waals surface area contributed by atoms with Gasteiger partial charge in [-0.1, -0.05) is 48.5 Å². The van der Waals surface area contributed by atoms with Crippen molar-refractivity contribution < 1.29 is 9.90 Å². The van der Waals surface area contributed by atoms with Crippen molar-refractivity contribution in [3.8, 4) is 0 Å². The molecule has 122 valence electrons. The highest BCUT2D eigenvalue weighted by atomic mass is 32.1. The molecule has 0 aliphatic rings. The molecular formula is C19H18N2O2S. The molecule has 1 aromatic heterocycles. The number of benzene rings is 2. The van der Waals surface area contributed by atoms with Crippen LogP contribution in [0.1, 0.15) is 21.4 Å². The predicted molar refractivity (Wildman–Crippen MR) is 97.1 cm³/mol. The van der Waals surface area contributed by atoms with Crippen LogP contribution in [-0.2, 0) is 6.54 Å². The number of carbonyl (C=O) groups excluding carboxylic acids is 1. The molecule has 1 heterocycles. The van der Waals surface area contributed by atoms with E-state index in [1.54, 1.807) is 0 Å². The zero-order chi connectivity index (χ0) is 16.8. The molecule has 0 aliphatic heterocycles. The van der Waals surface area contributed by atoms with Gasteiger partial charge in [-0.3, -0.25) is 0 Å². The summed E-state index contributed by atoms with van der Waals surface area (Å²) in [5.74, 6) is 0. The quantitative estimate of drug-likeness (QED) is 0.654. The van der Waals surface area contributed by atoms with Crippen molar-refractivity contribution in [2.24, 2.45) is 0 Å². The molecule has 4 nitrogen and oxygen atoms in total. The van der Waals surface area contributed by atoms with Crippen LogP contribution in [0.15, 0.2) is 72.8 Å². The smallest absolute Gasteiger partial charge is 0.319 e. The molecule has 0 radical (unpaired) electrons. The van der Waals surface area contributed by atoms with Crippen molar-refractivity contribution in [3.63, 3.8) is 0 Å². The zero-order valence-corrected chi connectivity index (χ0v) is 13.8. The summed E-state index contributed by atoms with van der Waals surface area (Å²) in [6.45, 7) is 0.421. The first-order valence-electron chi connectivity index (χ1n) is 7.64. The van der Waals surface area contributed by atoms with Crippen LogP contribution < -0.4 is 10.6 Å². The van der Waals surface area contributed by atoms with E-state index < -0.39 is 6.10 Å². The molecule has 0 saturated heterocycles. The zero-order valence-electron chi connectivity index (χ0n) is 13.0. The lowest BCUT2D eigenvalue weighted by Gasteiger charge is -2.08. The minimum Gasteiger partial charge on any atom is -0.383 e. The molecule has 3 aromatic rings. The highest BCUT2D eigenvalue weighted by Crippen LogP contribution is 2.28. The highest BCUT2D eigenvalue weighted by Gasteiger charge is 2.13. The lowest BCUT2D eigenvalue weighted by Crippen LogP contribution is -2.27. The summed E-state index contributed by atoms with van der Waals surface area (Å²) < 4.78 is 0. The summed E-state index contributed by atoms with van der Waals surface area (Å²) in [4.78, 5) is 13.7. The van der Waals surface area contributed by atoms with E-state index in [1.165, 1.54) is 11.3 Å². The van der Waals surface area contributed by atoms with Crippen LogP contribution in [0.25, 0.3) is 0 Å². The summed E-state index contributed by atoms with van der Waals surface area (Å²) >= 11 is 1.49. The van der Waals surface area contributed by atoms with Crippen LogP contribution >= 0.6 is 11.3 Å². The molecular weight excluding hydrogens is 320 g/mol. The second kappa shape index (κ2) is 7.77. The normalized spacial score (nSPS) is 11.7. The van der Waals surface area contributed by atoms with Gasteiger partial charge in [0.1, 0.15) is 6.10 Å². The second-order valence-electron chi connectivity index (χ2n) is 5.29. The van der Waals surface area contributed by atoms with Gasteiger partial charge in [0.15, 0.2) is 0 Å². The number of thiophene rings is 1. The van der Waals surface area contributed by atoms with Gasteiger partial charge in [-0.05, 0) is 29.8 Å². The Labute approximate surface area is 144 Å². The SMILES string of the molecule is O=C(NCc1ccc([C@H](O)c2ccccc2)s1)Nc1ccccc1. The fraction of sp³-hybridized carbons (Fsp3) is 0.105. The Balaban J connectivity index is 1.55. The summed E-state index contributed by atoms with van der Waals surface area (Å²) in [6, 6.07) is 22.4. The van der Waals surface area contributed by atoms with Crippen molar-refractivity contribution >= 4 is 23.1 Å². The summed E-state index contributed by atoms with van der Waals surface area (Å²) in [5.41, 5.74) is 1.61. The van der Waals surface area contributed by atoms with E-state index in [0.717, 1.165) is 21.0 Å². The maximum atomic E-state index is 11.9. The summed E-state index contributed by atoms with van der Waals surface area (Å²) in [5, 5.41) is 16.0. The van der Waals surface area contributed by atoms with Gasteiger partial charge in [0.25, 0.3) is 0 Å². The van der Waals surface area contributed by atoms with Crippen LogP contribution in [0, 0.1) is 0 Å². The van der Waals surface area contributed by atoms with E-state index in [9.17, 15) is 9.90 Å². The third kappa shape index (κ3) is 4.22. The van der Waals surface area contributed by atoms with Crippen molar-refractivity contribution in [2.45, 2.75) is 12.6 Å². The van der Waals surface area contributed by atoms with Gasteiger partial charge in [0.2, 0.25) is 0 Å². The molecule has 3 rings (SSSR count). The van der Waals surface area contributed by atoms with Gasteiger partial charge in [-0.15, -0.1) is 11.3 Å². The minimum absolute atomic E-state index is 0.250. The Bertz CT molecular complexity index is 787. The van der Waals surface area contributed by atoms with Crippen LogP contribution in [0.4, 0.5) is 10.5 Å². The molecule has 24 heavy (non-hydrogen) atoms. The highest BCUT2D eigenvalue weighted by molar-refractivity contribution is 7.12. The molecule has 1 atom stereocenters. The number of hydrogen-bond donors (Lipinski definition) is 3. The molecule has 0 bridgehead atoms. The lowest BCUT2D eigenvalue weighted by atomic mass is 10.1. The Morgan fingerprint density at radius 2 is 1.62 bits per heavy atom. The number of aliphatic hydroxyl groups is 1. The van der Waals surface area contributed by atoms with Crippen LogP contribution in [0.5, 0.6) is 0 Å². The van der Waals surface area contributed by atoms with E-state index >= 15 is 0 Å². The first-order valence-corrected chi connectivity index (χ1v) is 8.45. The van der Waals surface area contributed by atoms with E-state index in [2.05, 4.69) is 10.6 Å². The van der Waals surface area contributed by atoms with Crippen LogP contribution in [0.3, 0.4) is 0 Å². The maximum Gasteiger partial charge on any atom is 0.319 e. The van der Waals surface area contributed by atoms with Gasteiger partial charge >= 0.3 is 6.03 Å². The number of urea groups is 1. The van der Waals surface area contributed by atoms with E-state index in [1.807, 2.05) is 72.8 Å². The average Bonchev–Trinajstić information content (AvgIpc) is 3.10. The van der Waals surface area contributed by atoms with Gasteiger partial charge in [-0.25, -0.2) is 4.79 Å². The fourth-order valence-electron chi connectivity index (χ4n) is 2.30. The first-order chi connectivity index (χ1) is 11.7. The monoisotopic (exact) mass is 338 g/mol. The summed E-state index contributed by atoms with van der Waals surface area (Å²) in [6.07, 6.45) is -0.636. The topological polar surface area (TPSA) is 61.4 Å². The summed E-state index contributed by atoms with van der Waals surface area (Å²) in [7, 11) is 0. The number of para-hydroxylation sites is 1. The van der Waals surface area contributed by atoms with Crippen molar-refractivity contribution in [1.29, 1.82) is 0 Å². The lowest BCUT2D eigenvalue weighted by molar-refractivity contribution is 0.224.